The van der Waals surface area contributed by atoms with Crippen molar-refractivity contribution in [1.82, 2.24) is 0 Å². The Morgan fingerprint density at radius 2 is 1.83 bits per heavy atom. The molecule has 1 aromatic rings. The molecule has 0 amide bonds. The van der Waals surface area contributed by atoms with Gasteiger partial charge in [-0.05, 0) is 36.3 Å². The van der Waals surface area contributed by atoms with Gasteiger partial charge in [-0.3, -0.25) is 0 Å². The van der Waals surface area contributed by atoms with Crippen LogP contribution in [0.2, 0.25) is 0 Å². The first-order valence-electron chi connectivity index (χ1n) is 6.71. The number of benzene rings is 1. The topological polar surface area (TPSA) is 9.23 Å². The van der Waals surface area contributed by atoms with Crippen LogP contribution >= 0.6 is 15.9 Å². The molecule has 1 fully saturated rings. The van der Waals surface area contributed by atoms with E-state index in [0.717, 1.165) is 13.0 Å². The summed E-state index contributed by atoms with van der Waals surface area (Å²) in [5.41, 5.74) is 2.85. The third-order valence-corrected chi connectivity index (χ3v) is 5.35. The molecule has 1 heterocycles. The Labute approximate surface area is 119 Å². The summed E-state index contributed by atoms with van der Waals surface area (Å²) >= 11 is 3.82. The van der Waals surface area contributed by atoms with Crippen molar-refractivity contribution in [3.63, 3.8) is 0 Å². The Kier molecular flexibility index (Phi) is 3.89. The van der Waals surface area contributed by atoms with Crippen molar-refractivity contribution in [2.45, 2.75) is 56.4 Å². The highest BCUT2D eigenvalue weighted by molar-refractivity contribution is 9.09. The van der Waals surface area contributed by atoms with Crippen molar-refractivity contribution in [2.75, 3.05) is 6.61 Å². The van der Waals surface area contributed by atoms with Gasteiger partial charge in [0.15, 0.2) is 0 Å². The van der Waals surface area contributed by atoms with Crippen LogP contribution in [-0.4, -0.2) is 12.2 Å². The minimum absolute atomic E-state index is 0.0523. The van der Waals surface area contributed by atoms with Crippen LogP contribution < -0.4 is 0 Å². The Balaban J connectivity index is 2.19. The average Bonchev–Trinajstić information content (AvgIpc) is 2.75. The van der Waals surface area contributed by atoms with E-state index in [1.807, 2.05) is 0 Å². The lowest BCUT2D eigenvalue weighted by molar-refractivity contribution is 0.0197. The zero-order valence-corrected chi connectivity index (χ0v) is 13.4. The van der Waals surface area contributed by atoms with Gasteiger partial charge in [0.1, 0.15) is 0 Å². The van der Waals surface area contributed by atoms with E-state index in [1.54, 1.807) is 0 Å². The van der Waals surface area contributed by atoms with E-state index in [-0.39, 0.29) is 15.8 Å². The van der Waals surface area contributed by atoms with E-state index in [4.69, 9.17) is 4.74 Å². The molecule has 0 spiro atoms. The summed E-state index contributed by atoms with van der Waals surface area (Å²) in [6, 6.07) is 8.93. The minimum atomic E-state index is -0.0523. The molecule has 2 rings (SSSR count). The van der Waals surface area contributed by atoms with Gasteiger partial charge in [-0.25, -0.2) is 0 Å². The summed E-state index contributed by atoms with van der Waals surface area (Å²) in [7, 11) is 0. The summed E-state index contributed by atoms with van der Waals surface area (Å²) < 4.78 is 5.91. The summed E-state index contributed by atoms with van der Waals surface area (Å²) in [6.07, 6.45) is 2.29. The number of rotatable bonds is 2. The Hall–Kier alpha value is -0.340. The van der Waals surface area contributed by atoms with Crippen molar-refractivity contribution in [3.8, 4) is 0 Å². The van der Waals surface area contributed by atoms with Crippen LogP contribution in [-0.2, 0) is 10.2 Å². The molecule has 2 heteroatoms. The maximum absolute atomic E-state index is 5.91. The SMILES string of the molecule is CC(C)(C)c1ccc(C(Br)C2(C)CCCO2)cc1. The molecule has 0 N–H and O–H groups in total. The summed E-state index contributed by atoms with van der Waals surface area (Å²) in [5.74, 6) is 0. The molecule has 0 bridgehead atoms. The second kappa shape index (κ2) is 4.97. The van der Waals surface area contributed by atoms with Crippen molar-refractivity contribution in [1.29, 1.82) is 0 Å². The van der Waals surface area contributed by atoms with Gasteiger partial charge in [0.25, 0.3) is 0 Å². The summed E-state index contributed by atoms with van der Waals surface area (Å²) in [6.45, 7) is 9.83. The van der Waals surface area contributed by atoms with Crippen molar-refractivity contribution < 1.29 is 4.74 Å². The van der Waals surface area contributed by atoms with Gasteiger partial charge in [-0.1, -0.05) is 61.0 Å². The highest BCUT2D eigenvalue weighted by Gasteiger charge is 2.37. The van der Waals surface area contributed by atoms with Gasteiger partial charge in [-0.2, -0.15) is 0 Å². The van der Waals surface area contributed by atoms with E-state index in [2.05, 4.69) is 67.9 Å². The van der Waals surface area contributed by atoms with Crippen molar-refractivity contribution in [3.05, 3.63) is 35.4 Å². The number of hydrogen-bond donors (Lipinski definition) is 0. The molecule has 1 aliphatic heterocycles. The number of alkyl halides is 1. The Bertz CT molecular complexity index is 396. The first kappa shape index (κ1) is 14.1. The highest BCUT2D eigenvalue weighted by atomic mass is 79.9. The number of hydrogen-bond acceptors (Lipinski definition) is 1. The highest BCUT2D eigenvalue weighted by Crippen LogP contribution is 2.43. The fourth-order valence-electron chi connectivity index (χ4n) is 2.51. The van der Waals surface area contributed by atoms with E-state index >= 15 is 0 Å². The summed E-state index contributed by atoms with van der Waals surface area (Å²) in [4.78, 5) is 0.279. The molecule has 2 atom stereocenters. The van der Waals surface area contributed by atoms with E-state index < -0.39 is 0 Å². The summed E-state index contributed by atoms with van der Waals surface area (Å²) in [5, 5.41) is 0. The maximum atomic E-state index is 5.91. The fraction of sp³-hybridized carbons (Fsp3) is 0.625. The molecule has 0 radical (unpaired) electrons. The molecule has 1 aliphatic rings. The molecule has 100 valence electrons. The lowest BCUT2D eigenvalue weighted by Gasteiger charge is -2.30. The van der Waals surface area contributed by atoms with Crippen molar-refractivity contribution >= 4 is 15.9 Å². The molecule has 0 saturated carbocycles. The standard InChI is InChI=1S/C16H23BrO/c1-15(2,3)13-8-6-12(7-9-13)14(17)16(4)10-5-11-18-16/h6-9,14H,5,10-11H2,1-4H3. The van der Waals surface area contributed by atoms with E-state index in [1.165, 1.54) is 17.5 Å². The zero-order valence-electron chi connectivity index (χ0n) is 11.8. The quantitative estimate of drug-likeness (QED) is 0.699. The minimum Gasteiger partial charge on any atom is -0.374 e. The van der Waals surface area contributed by atoms with Crippen LogP contribution in [0.25, 0.3) is 0 Å². The zero-order chi connectivity index (χ0) is 13.4. The first-order valence-corrected chi connectivity index (χ1v) is 7.63. The molecule has 0 aliphatic carbocycles. The van der Waals surface area contributed by atoms with Crippen LogP contribution in [0.15, 0.2) is 24.3 Å². The average molecular weight is 311 g/mol. The molecule has 0 aromatic heterocycles. The fourth-order valence-corrected chi connectivity index (χ4v) is 3.17. The monoisotopic (exact) mass is 310 g/mol. The molecular formula is C16H23BrO. The largest absolute Gasteiger partial charge is 0.374 e. The van der Waals surface area contributed by atoms with Crippen LogP contribution in [0, 0.1) is 0 Å². The Morgan fingerprint density at radius 3 is 2.28 bits per heavy atom. The molecule has 1 aromatic carbocycles. The lowest BCUT2D eigenvalue weighted by atomic mass is 9.85. The molecule has 18 heavy (non-hydrogen) atoms. The molecule has 1 nitrogen and oxygen atoms in total. The predicted molar refractivity (Wildman–Crippen MR) is 80.4 cm³/mol. The Morgan fingerprint density at radius 1 is 1.22 bits per heavy atom. The van der Waals surface area contributed by atoms with Crippen LogP contribution in [0.4, 0.5) is 0 Å². The molecular weight excluding hydrogens is 288 g/mol. The van der Waals surface area contributed by atoms with Gasteiger partial charge in [0, 0.05) is 6.61 Å². The third kappa shape index (κ3) is 2.80. The molecule has 2 unspecified atom stereocenters. The number of ether oxygens (including phenoxy) is 1. The van der Waals surface area contributed by atoms with Gasteiger partial charge in [0.05, 0.1) is 10.4 Å². The molecule has 1 saturated heterocycles. The normalized spacial score (nSPS) is 26.3. The van der Waals surface area contributed by atoms with Crippen LogP contribution in [0.3, 0.4) is 0 Å². The predicted octanol–water partition coefficient (Wildman–Crippen LogP) is 4.99. The second-order valence-electron chi connectivity index (χ2n) is 6.50. The van der Waals surface area contributed by atoms with Crippen molar-refractivity contribution in [2.24, 2.45) is 0 Å². The smallest absolute Gasteiger partial charge is 0.0820 e. The van der Waals surface area contributed by atoms with Crippen LogP contribution in [0.1, 0.15) is 56.5 Å². The van der Waals surface area contributed by atoms with Gasteiger partial charge < -0.3 is 4.74 Å². The van der Waals surface area contributed by atoms with E-state index in [0.29, 0.717) is 0 Å². The lowest BCUT2D eigenvalue weighted by Crippen LogP contribution is -2.28. The maximum Gasteiger partial charge on any atom is 0.0820 e. The van der Waals surface area contributed by atoms with Gasteiger partial charge in [0.2, 0.25) is 0 Å². The van der Waals surface area contributed by atoms with Crippen LogP contribution in [0.5, 0.6) is 0 Å². The number of halogens is 1. The third-order valence-electron chi connectivity index (χ3n) is 3.85. The van der Waals surface area contributed by atoms with Gasteiger partial charge in [-0.15, -0.1) is 0 Å². The van der Waals surface area contributed by atoms with Gasteiger partial charge >= 0.3 is 0 Å². The van der Waals surface area contributed by atoms with E-state index in [9.17, 15) is 0 Å². The second-order valence-corrected chi connectivity index (χ2v) is 7.41. The first-order chi connectivity index (χ1) is 8.33.